The third-order valence-corrected chi connectivity index (χ3v) is 5.19. The molecule has 1 unspecified atom stereocenters. The number of nitrogens with one attached hydrogen (secondary N) is 1. The SMILES string of the molecule is CC(CCc1ccccc1)NS(=O)(=O)c1ccccc1C(F)(F)F. The standard InChI is InChI=1S/C17H18F3NO2S/c1-13(11-12-14-7-3-2-4-8-14)21-24(22,23)16-10-6-5-9-15(16)17(18,19)20/h2-10,13,21H,11-12H2,1H3. The fraction of sp³-hybridized carbons (Fsp3) is 0.294. The predicted molar refractivity (Wildman–Crippen MR) is 86.0 cm³/mol. The van der Waals surface area contributed by atoms with Crippen molar-refractivity contribution in [1.82, 2.24) is 4.72 Å². The lowest BCUT2D eigenvalue weighted by molar-refractivity contribution is -0.139. The van der Waals surface area contributed by atoms with Crippen molar-refractivity contribution in [2.45, 2.75) is 36.9 Å². The summed E-state index contributed by atoms with van der Waals surface area (Å²) in [4.78, 5) is -0.746. The van der Waals surface area contributed by atoms with Gasteiger partial charge < -0.3 is 0 Å². The van der Waals surface area contributed by atoms with E-state index in [-0.39, 0.29) is 0 Å². The van der Waals surface area contributed by atoms with Crippen molar-refractivity contribution in [3.63, 3.8) is 0 Å². The Labute approximate surface area is 139 Å². The summed E-state index contributed by atoms with van der Waals surface area (Å²) in [6.45, 7) is 1.64. The molecule has 0 spiro atoms. The Morgan fingerprint density at radius 2 is 1.58 bits per heavy atom. The molecule has 2 aromatic rings. The van der Waals surface area contributed by atoms with Crippen LogP contribution in [0.5, 0.6) is 0 Å². The number of aryl methyl sites for hydroxylation is 1. The van der Waals surface area contributed by atoms with Crippen molar-refractivity contribution in [2.24, 2.45) is 0 Å². The van der Waals surface area contributed by atoms with Crippen molar-refractivity contribution in [1.29, 1.82) is 0 Å². The minimum Gasteiger partial charge on any atom is -0.208 e. The Hall–Kier alpha value is -1.86. The highest BCUT2D eigenvalue weighted by atomic mass is 32.2. The van der Waals surface area contributed by atoms with E-state index >= 15 is 0 Å². The van der Waals surface area contributed by atoms with Crippen LogP contribution in [0.3, 0.4) is 0 Å². The molecule has 0 bridgehead atoms. The maximum absolute atomic E-state index is 13.0. The average molecular weight is 357 g/mol. The van der Waals surface area contributed by atoms with E-state index in [2.05, 4.69) is 4.72 Å². The van der Waals surface area contributed by atoms with Gasteiger partial charge in [0.25, 0.3) is 0 Å². The zero-order chi connectivity index (χ0) is 17.8. The molecule has 0 aliphatic rings. The van der Waals surface area contributed by atoms with Crippen LogP contribution >= 0.6 is 0 Å². The van der Waals surface area contributed by atoms with Crippen LogP contribution in [0.25, 0.3) is 0 Å². The highest BCUT2D eigenvalue weighted by Gasteiger charge is 2.37. The Kier molecular flexibility index (Phi) is 5.66. The average Bonchev–Trinajstić information content (AvgIpc) is 2.53. The molecule has 3 nitrogen and oxygen atoms in total. The largest absolute Gasteiger partial charge is 0.417 e. The van der Waals surface area contributed by atoms with Crippen LogP contribution < -0.4 is 4.72 Å². The first kappa shape index (κ1) is 18.5. The monoisotopic (exact) mass is 357 g/mol. The number of sulfonamides is 1. The van der Waals surface area contributed by atoms with Crippen LogP contribution in [-0.2, 0) is 22.6 Å². The fourth-order valence-corrected chi connectivity index (χ4v) is 3.86. The third-order valence-electron chi connectivity index (χ3n) is 3.55. The lowest BCUT2D eigenvalue weighted by Crippen LogP contribution is -2.34. The summed E-state index contributed by atoms with van der Waals surface area (Å²) in [6.07, 6.45) is -3.61. The zero-order valence-electron chi connectivity index (χ0n) is 13.0. The molecule has 0 radical (unpaired) electrons. The van der Waals surface area contributed by atoms with Gasteiger partial charge in [0.15, 0.2) is 0 Å². The third kappa shape index (κ3) is 4.82. The topological polar surface area (TPSA) is 46.2 Å². The Morgan fingerprint density at radius 3 is 2.21 bits per heavy atom. The summed E-state index contributed by atoms with van der Waals surface area (Å²) in [5.41, 5.74) is -0.119. The maximum Gasteiger partial charge on any atom is 0.417 e. The van der Waals surface area contributed by atoms with E-state index in [1.54, 1.807) is 6.92 Å². The maximum atomic E-state index is 13.0. The molecule has 0 amide bonds. The smallest absolute Gasteiger partial charge is 0.208 e. The number of hydrogen-bond acceptors (Lipinski definition) is 2. The van der Waals surface area contributed by atoms with Gasteiger partial charge in [-0.2, -0.15) is 13.2 Å². The van der Waals surface area contributed by atoms with Crippen molar-refractivity contribution in [2.75, 3.05) is 0 Å². The van der Waals surface area contributed by atoms with E-state index in [0.29, 0.717) is 12.8 Å². The molecular weight excluding hydrogens is 339 g/mol. The van der Waals surface area contributed by atoms with Crippen LogP contribution in [0.15, 0.2) is 59.5 Å². The number of halogens is 3. The molecule has 1 atom stereocenters. The van der Waals surface area contributed by atoms with E-state index in [0.717, 1.165) is 17.7 Å². The van der Waals surface area contributed by atoms with Crippen LogP contribution in [0.1, 0.15) is 24.5 Å². The highest BCUT2D eigenvalue weighted by molar-refractivity contribution is 7.89. The molecule has 0 aliphatic heterocycles. The normalized spacial score (nSPS) is 13.7. The zero-order valence-corrected chi connectivity index (χ0v) is 13.9. The van der Waals surface area contributed by atoms with Crippen molar-refractivity contribution in [3.05, 3.63) is 65.7 Å². The second-order valence-electron chi connectivity index (χ2n) is 5.54. The Bertz CT molecular complexity index is 774. The first-order chi connectivity index (χ1) is 11.2. The molecule has 2 rings (SSSR count). The van der Waals surface area contributed by atoms with E-state index in [1.165, 1.54) is 12.1 Å². The second kappa shape index (κ2) is 7.36. The van der Waals surface area contributed by atoms with Gasteiger partial charge in [-0.25, -0.2) is 13.1 Å². The molecular formula is C17H18F3NO2S. The molecule has 0 aliphatic carbocycles. The lowest BCUT2D eigenvalue weighted by atomic mass is 10.1. The minimum absolute atomic E-state index is 0.484. The van der Waals surface area contributed by atoms with Gasteiger partial charge in [0, 0.05) is 6.04 Å². The first-order valence-corrected chi connectivity index (χ1v) is 8.91. The summed E-state index contributed by atoms with van der Waals surface area (Å²) in [5, 5.41) is 0. The van der Waals surface area contributed by atoms with Gasteiger partial charge in [0.1, 0.15) is 0 Å². The molecule has 0 saturated carbocycles. The number of benzene rings is 2. The van der Waals surface area contributed by atoms with E-state index in [1.807, 2.05) is 30.3 Å². The number of alkyl halides is 3. The van der Waals surface area contributed by atoms with Crippen LogP contribution in [0.2, 0.25) is 0 Å². The van der Waals surface area contributed by atoms with E-state index < -0.39 is 32.7 Å². The highest BCUT2D eigenvalue weighted by Crippen LogP contribution is 2.33. The minimum atomic E-state index is -4.72. The summed E-state index contributed by atoms with van der Waals surface area (Å²) in [5.74, 6) is 0. The Morgan fingerprint density at radius 1 is 1.00 bits per heavy atom. The van der Waals surface area contributed by atoms with Gasteiger partial charge in [-0.3, -0.25) is 0 Å². The van der Waals surface area contributed by atoms with E-state index in [9.17, 15) is 21.6 Å². The number of hydrogen-bond donors (Lipinski definition) is 1. The summed E-state index contributed by atoms with van der Waals surface area (Å²) < 4.78 is 65.9. The van der Waals surface area contributed by atoms with E-state index in [4.69, 9.17) is 0 Å². The molecule has 2 aromatic carbocycles. The fourth-order valence-electron chi connectivity index (χ4n) is 2.35. The molecule has 0 fully saturated rings. The number of rotatable bonds is 6. The van der Waals surface area contributed by atoms with Crippen molar-refractivity contribution in [3.8, 4) is 0 Å². The first-order valence-electron chi connectivity index (χ1n) is 7.42. The molecule has 7 heteroatoms. The molecule has 24 heavy (non-hydrogen) atoms. The summed E-state index contributed by atoms with van der Waals surface area (Å²) in [6, 6.07) is 13.2. The summed E-state index contributed by atoms with van der Waals surface area (Å²) >= 11 is 0. The van der Waals surface area contributed by atoms with Crippen molar-refractivity contribution < 1.29 is 21.6 Å². The van der Waals surface area contributed by atoms with Crippen molar-refractivity contribution >= 4 is 10.0 Å². The lowest BCUT2D eigenvalue weighted by Gasteiger charge is -2.17. The molecule has 130 valence electrons. The summed E-state index contributed by atoms with van der Waals surface area (Å²) in [7, 11) is -4.25. The van der Waals surface area contributed by atoms with Gasteiger partial charge in [-0.15, -0.1) is 0 Å². The molecule has 1 N–H and O–H groups in total. The van der Waals surface area contributed by atoms with Crippen LogP contribution in [0, 0.1) is 0 Å². The van der Waals surface area contributed by atoms with Gasteiger partial charge in [0.05, 0.1) is 10.5 Å². The van der Waals surface area contributed by atoms with Crippen LogP contribution in [-0.4, -0.2) is 14.5 Å². The quantitative estimate of drug-likeness (QED) is 0.849. The predicted octanol–water partition coefficient (Wildman–Crippen LogP) is 4.01. The molecule has 0 aromatic heterocycles. The molecule has 0 saturated heterocycles. The van der Waals surface area contributed by atoms with Gasteiger partial charge in [-0.1, -0.05) is 42.5 Å². The molecule has 0 heterocycles. The second-order valence-corrected chi connectivity index (χ2v) is 7.22. The Balaban J connectivity index is 2.11. The van der Waals surface area contributed by atoms with Gasteiger partial charge in [0.2, 0.25) is 10.0 Å². The van der Waals surface area contributed by atoms with Crippen LogP contribution in [0.4, 0.5) is 13.2 Å². The van der Waals surface area contributed by atoms with Gasteiger partial charge in [-0.05, 0) is 37.5 Å². The van der Waals surface area contributed by atoms with Gasteiger partial charge >= 0.3 is 6.18 Å².